The standard InChI is InChI=1S/C16H21N3O2S/c1-16(2)9-19(6-5-13(16)17)15(21)10-3-4-12-11(7-10)18-14(20)8-22-12/h3-4,7,13H,5-6,8-9,17H2,1-2H3,(H,18,20). The van der Waals surface area contributed by atoms with Gasteiger partial charge in [0.1, 0.15) is 0 Å². The number of amides is 2. The van der Waals surface area contributed by atoms with Gasteiger partial charge in [-0.15, -0.1) is 11.8 Å². The van der Waals surface area contributed by atoms with Gasteiger partial charge in [0.15, 0.2) is 0 Å². The number of hydrogen-bond donors (Lipinski definition) is 2. The van der Waals surface area contributed by atoms with Crippen molar-refractivity contribution in [2.24, 2.45) is 11.1 Å². The summed E-state index contributed by atoms with van der Waals surface area (Å²) in [6.07, 6.45) is 0.816. The molecule has 0 bridgehead atoms. The Labute approximate surface area is 134 Å². The molecule has 2 heterocycles. The molecule has 0 spiro atoms. The molecule has 118 valence electrons. The van der Waals surface area contributed by atoms with Gasteiger partial charge in [0.2, 0.25) is 5.91 Å². The average molecular weight is 319 g/mol. The first kappa shape index (κ1) is 15.4. The van der Waals surface area contributed by atoms with E-state index in [4.69, 9.17) is 5.73 Å². The molecule has 1 unspecified atom stereocenters. The molecule has 2 aliphatic rings. The summed E-state index contributed by atoms with van der Waals surface area (Å²) in [5.74, 6) is 0.415. The van der Waals surface area contributed by atoms with Crippen LogP contribution in [0.5, 0.6) is 0 Å². The minimum absolute atomic E-state index is 0.00703. The summed E-state index contributed by atoms with van der Waals surface area (Å²) >= 11 is 1.50. The Morgan fingerprint density at radius 1 is 1.45 bits per heavy atom. The largest absolute Gasteiger partial charge is 0.338 e. The molecule has 6 heteroatoms. The van der Waals surface area contributed by atoms with Crippen LogP contribution in [0.25, 0.3) is 0 Å². The van der Waals surface area contributed by atoms with Crippen molar-refractivity contribution >= 4 is 29.3 Å². The summed E-state index contributed by atoms with van der Waals surface area (Å²) in [5.41, 5.74) is 7.41. The van der Waals surface area contributed by atoms with E-state index in [1.165, 1.54) is 11.8 Å². The number of carbonyl (C=O) groups is 2. The van der Waals surface area contributed by atoms with E-state index < -0.39 is 0 Å². The smallest absolute Gasteiger partial charge is 0.253 e. The van der Waals surface area contributed by atoms with Gasteiger partial charge in [0, 0.05) is 29.6 Å². The lowest BCUT2D eigenvalue weighted by Gasteiger charge is -2.42. The first-order chi connectivity index (χ1) is 10.4. The molecule has 1 fully saturated rings. The lowest BCUT2D eigenvalue weighted by atomic mass is 9.79. The van der Waals surface area contributed by atoms with Crippen molar-refractivity contribution < 1.29 is 9.59 Å². The number of likely N-dealkylation sites (tertiary alicyclic amines) is 1. The van der Waals surface area contributed by atoms with Gasteiger partial charge in [0.25, 0.3) is 5.91 Å². The summed E-state index contributed by atoms with van der Waals surface area (Å²) in [6.45, 7) is 5.54. The quantitative estimate of drug-likeness (QED) is 0.829. The summed E-state index contributed by atoms with van der Waals surface area (Å²) in [7, 11) is 0. The minimum atomic E-state index is -0.0772. The molecule has 1 aromatic rings. The third-order valence-corrected chi connectivity index (χ3v) is 5.53. The van der Waals surface area contributed by atoms with Crippen molar-refractivity contribution in [2.75, 3.05) is 24.2 Å². The van der Waals surface area contributed by atoms with Crippen molar-refractivity contribution in [3.05, 3.63) is 23.8 Å². The van der Waals surface area contributed by atoms with Crippen LogP contribution in [-0.4, -0.2) is 41.6 Å². The van der Waals surface area contributed by atoms with Crippen LogP contribution >= 0.6 is 11.8 Å². The zero-order chi connectivity index (χ0) is 15.9. The second kappa shape index (κ2) is 5.59. The zero-order valence-corrected chi connectivity index (χ0v) is 13.7. The summed E-state index contributed by atoms with van der Waals surface area (Å²) in [5, 5.41) is 2.83. The molecule has 2 amide bonds. The second-order valence-corrected chi connectivity index (χ2v) is 7.68. The fourth-order valence-electron chi connectivity index (χ4n) is 2.95. The van der Waals surface area contributed by atoms with Gasteiger partial charge in [-0.1, -0.05) is 13.8 Å². The number of rotatable bonds is 1. The Bertz CT molecular complexity index is 630. The number of piperidine rings is 1. The van der Waals surface area contributed by atoms with E-state index in [0.717, 1.165) is 17.0 Å². The van der Waals surface area contributed by atoms with Crippen LogP contribution in [0.4, 0.5) is 5.69 Å². The number of carbonyl (C=O) groups excluding carboxylic acids is 2. The third-order valence-electron chi connectivity index (χ3n) is 4.46. The van der Waals surface area contributed by atoms with E-state index in [1.54, 1.807) is 6.07 Å². The summed E-state index contributed by atoms with van der Waals surface area (Å²) in [6, 6.07) is 5.65. The molecule has 0 radical (unpaired) electrons. The maximum atomic E-state index is 12.7. The van der Waals surface area contributed by atoms with Gasteiger partial charge in [-0.05, 0) is 30.0 Å². The Balaban J connectivity index is 1.81. The van der Waals surface area contributed by atoms with E-state index in [9.17, 15) is 9.59 Å². The molecular weight excluding hydrogens is 298 g/mol. The van der Waals surface area contributed by atoms with Crippen LogP contribution in [0, 0.1) is 5.41 Å². The molecule has 1 atom stereocenters. The lowest BCUT2D eigenvalue weighted by molar-refractivity contribution is -0.113. The number of fused-ring (bicyclic) bond motifs is 1. The predicted molar refractivity (Wildman–Crippen MR) is 88.1 cm³/mol. The highest BCUT2D eigenvalue weighted by molar-refractivity contribution is 8.00. The van der Waals surface area contributed by atoms with Gasteiger partial charge in [-0.3, -0.25) is 9.59 Å². The molecule has 0 aliphatic carbocycles. The van der Waals surface area contributed by atoms with Crippen LogP contribution in [0.3, 0.4) is 0 Å². The number of thioether (sulfide) groups is 1. The number of nitrogens with two attached hydrogens (primary N) is 1. The molecule has 3 rings (SSSR count). The van der Waals surface area contributed by atoms with Crippen LogP contribution in [0.2, 0.25) is 0 Å². The average Bonchev–Trinajstić information content (AvgIpc) is 2.48. The van der Waals surface area contributed by atoms with Crippen molar-refractivity contribution in [3.63, 3.8) is 0 Å². The second-order valence-electron chi connectivity index (χ2n) is 6.66. The van der Waals surface area contributed by atoms with Crippen LogP contribution in [-0.2, 0) is 4.79 Å². The Morgan fingerprint density at radius 3 is 2.95 bits per heavy atom. The van der Waals surface area contributed by atoms with Crippen molar-refractivity contribution in [2.45, 2.75) is 31.2 Å². The van der Waals surface area contributed by atoms with E-state index in [1.807, 2.05) is 17.0 Å². The highest BCUT2D eigenvalue weighted by atomic mass is 32.2. The molecule has 3 N–H and O–H groups in total. The van der Waals surface area contributed by atoms with Gasteiger partial charge in [-0.25, -0.2) is 0 Å². The summed E-state index contributed by atoms with van der Waals surface area (Å²) in [4.78, 5) is 27.1. The monoisotopic (exact) mass is 319 g/mol. The summed E-state index contributed by atoms with van der Waals surface area (Å²) < 4.78 is 0. The molecule has 1 saturated heterocycles. The maximum Gasteiger partial charge on any atom is 0.253 e. The number of hydrogen-bond acceptors (Lipinski definition) is 4. The Hall–Kier alpha value is -1.53. The number of nitrogens with one attached hydrogen (secondary N) is 1. The fourth-order valence-corrected chi connectivity index (χ4v) is 3.73. The molecule has 0 aromatic heterocycles. The fraction of sp³-hybridized carbons (Fsp3) is 0.500. The topological polar surface area (TPSA) is 75.4 Å². The zero-order valence-electron chi connectivity index (χ0n) is 12.9. The third kappa shape index (κ3) is 2.85. The van der Waals surface area contributed by atoms with E-state index in [0.29, 0.717) is 24.4 Å². The lowest BCUT2D eigenvalue weighted by Crippen LogP contribution is -2.54. The first-order valence-electron chi connectivity index (χ1n) is 7.48. The molecule has 1 aromatic carbocycles. The van der Waals surface area contributed by atoms with Crippen molar-refractivity contribution in [1.29, 1.82) is 0 Å². The SMILES string of the molecule is CC1(C)CN(C(=O)c2ccc3c(c2)NC(=O)CS3)CCC1N. The van der Waals surface area contributed by atoms with Gasteiger partial charge < -0.3 is 16.0 Å². The molecular formula is C16H21N3O2S. The predicted octanol–water partition coefficient (Wildman–Crippen LogP) is 1.93. The van der Waals surface area contributed by atoms with Crippen LogP contribution < -0.4 is 11.1 Å². The van der Waals surface area contributed by atoms with Crippen LogP contribution in [0.1, 0.15) is 30.6 Å². The number of benzene rings is 1. The molecule has 2 aliphatic heterocycles. The maximum absolute atomic E-state index is 12.7. The molecule has 0 saturated carbocycles. The Kier molecular flexibility index (Phi) is 3.91. The van der Waals surface area contributed by atoms with Crippen molar-refractivity contribution in [1.82, 2.24) is 4.90 Å². The normalized spacial score (nSPS) is 23.7. The Morgan fingerprint density at radius 2 is 2.23 bits per heavy atom. The minimum Gasteiger partial charge on any atom is -0.338 e. The van der Waals surface area contributed by atoms with E-state index in [-0.39, 0.29) is 23.3 Å². The van der Waals surface area contributed by atoms with E-state index >= 15 is 0 Å². The van der Waals surface area contributed by atoms with Crippen LogP contribution in [0.15, 0.2) is 23.1 Å². The van der Waals surface area contributed by atoms with E-state index in [2.05, 4.69) is 19.2 Å². The van der Waals surface area contributed by atoms with Crippen molar-refractivity contribution in [3.8, 4) is 0 Å². The molecule has 22 heavy (non-hydrogen) atoms. The molecule has 5 nitrogen and oxygen atoms in total. The van der Waals surface area contributed by atoms with Gasteiger partial charge in [-0.2, -0.15) is 0 Å². The van der Waals surface area contributed by atoms with Gasteiger partial charge >= 0.3 is 0 Å². The number of anilines is 1. The first-order valence-corrected chi connectivity index (χ1v) is 8.47. The highest BCUT2D eigenvalue weighted by Crippen LogP contribution is 2.33. The number of nitrogens with zero attached hydrogens (tertiary/aromatic N) is 1. The highest BCUT2D eigenvalue weighted by Gasteiger charge is 2.35. The van der Waals surface area contributed by atoms with Gasteiger partial charge in [0.05, 0.1) is 11.4 Å².